The van der Waals surface area contributed by atoms with E-state index in [1.807, 2.05) is 0 Å². The first-order chi connectivity index (χ1) is 22.0. The van der Waals surface area contributed by atoms with Crippen LogP contribution in [-0.2, 0) is 0 Å². The van der Waals surface area contributed by atoms with Crippen molar-refractivity contribution in [3.8, 4) is 11.5 Å². The Bertz CT molecular complexity index is 1080. The highest BCUT2D eigenvalue weighted by atomic mass is 127. The monoisotopic (exact) mass is 870 g/mol. The number of rotatable bonds is 20. The third-order valence-electron chi connectivity index (χ3n) is 11.3. The first-order valence-corrected chi connectivity index (χ1v) is 18.9. The minimum Gasteiger partial charge on any atom is -1.00 e. The fourth-order valence-electron chi connectivity index (χ4n) is 8.53. The highest BCUT2D eigenvalue weighted by Gasteiger charge is 2.46. The van der Waals surface area contributed by atoms with E-state index in [1.54, 1.807) is 15.4 Å². The fourth-order valence-corrected chi connectivity index (χ4v) is 8.53. The Kier molecular flexibility index (Phi) is 18.5. The van der Waals surface area contributed by atoms with Crippen LogP contribution in [0.15, 0.2) is 54.1 Å². The lowest BCUT2D eigenvalue weighted by Crippen LogP contribution is -3.08. The summed E-state index contributed by atoms with van der Waals surface area (Å²) in [6, 6.07) is 18.2. The molecule has 0 saturated heterocycles. The van der Waals surface area contributed by atoms with Crippen molar-refractivity contribution < 1.29 is 67.2 Å². The molecule has 4 aliphatic rings. The van der Waals surface area contributed by atoms with E-state index >= 15 is 0 Å². The van der Waals surface area contributed by atoms with Crippen LogP contribution in [0, 0.1) is 23.7 Å². The number of allylic oxidation sites excluding steroid dienone is 1. The first-order valence-electron chi connectivity index (χ1n) is 18.9. The Labute approximate surface area is 321 Å². The second-order valence-electron chi connectivity index (χ2n) is 14.8. The second-order valence-corrected chi connectivity index (χ2v) is 14.8. The second kappa shape index (κ2) is 21.4. The lowest BCUT2D eigenvalue weighted by molar-refractivity contribution is -0.877. The number of benzene rings is 2. The van der Waals surface area contributed by atoms with E-state index in [0.29, 0.717) is 0 Å². The molecular formula is C41H64I2N2O2. The van der Waals surface area contributed by atoms with E-state index in [0.717, 1.165) is 61.2 Å². The van der Waals surface area contributed by atoms with Crippen molar-refractivity contribution in [1.82, 2.24) is 0 Å². The van der Waals surface area contributed by atoms with Gasteiger partial charge in [-0.3, -0.25) is 0 Å². The number of nitrogens with one attached hydrogen (secondary N) is 2. The van der Waals surface area contributed by atoms with Crippen LogP contribution in [-0.4, -0.2) is 53.5 Å². The van der Waals surface area contributed by atoms with Gasteiger partial charge in [0.2, 0.25) is 0 Å². The summed E-state index contributed by atoms with van der Waals surface area (Å²) in [7, 11) is 4.58. The van der Waals surface area contributed by atoms with Gasteiger partial charge in [0.15, 0.2) is 0 Å². The van der Waals surface area contributed by atoms with E-state index in [9.17, 15) is 0 Å². The third-order valence-corrected chi connectivity index (χ3v) is 11.3. The maximum absolute atomic E-state index is 6.20. The van der Waals surface area contributed by atoms with Gasteiger partial charge in [0.1, 0.15) is 11.5 Å². The molecule has 47 heavy (non-hydrogen) atoms. The summed E-state index contributed by atoms with van der Waals surface area (Å²) in [5.41, 5.74) is 5.98. The van der Waals surface area contributed by atoms with Crippen LogP contribution in [0.5, 0.6) is 11.5 Å². The molecule has 6 rings (SSSR count). The van der Waals surface area contributed by atoms with Gasteiger partial charge in [-0.05, 0) is 162 Å². The third kappa shape index (κ3) is 12.2. The smallest absolute Gasteiger partial charge is 0.119 e. The van der Waals surface area contributed by atoms with Crippen molar-refractivity contribution in [1.29, 1.82) is 0 Å². The molecule has 4 aliphatic carbocycles. The maximum atomic E-state index is 6.20. The maximum Gasteiger partial charge on any atom is 0.119 e. The van der Waals surface area contributed by atoms with Crippen molar-refractivity contribution >= 4 is 5.57 Å². The number of unbranched alkanes of at least 4 members (excludes halogenated alkanes) is 6. The number of halogens is 2. The average molecular weight is 871 g/mol. The minimum atomic E-state index is 0. The molecule has 4 bridgehead atoms. The van der Waals surface area contributed by atoms with E-state index in [4.69, 9.17) is 9.47 Å². The lowest BCUT2D eigenvalue weighted by atomic mass is 9.53. The van der Waals surface area contributed by atoms with Gasteiger partial charge >= 0.3 is 0 Å². The van der Waals surface area contributed by atoms with E-state index < -0.39 is 0 Å². The Hall–Kier alpha value is -0.840. The zero-order chi connectivity index (χ0) is 31.4. The number of ether oxygens (including phenoxy) is 2. The number of hydrogen-bond donors (Lipinski definition) is 2. The fraction of sp³-hybridized carbons (Fsp3) is 0.659. The highest BCUT2D eigenvalue weighted by Crippen LogP contribution is 2.58. The van der Waals surface area contributed by atoms with Crippen LogP contribution in [0.4, 0.5) is 0 Å². The average Bonchev–Trinajstić information content (AvgIpc) is 3.05. The van der Waals surface area contributed by atoms with Crippen molar-refractivity contribution in [2.24, 2.45) is 23.7 Å². The van der Waals surface area contributed by atoms with Gasteiger partial charge in [0.05, 0.1) is 53.5 Å². The highest BCUT2D eigenvalue weighted by molar-refractivity contribution is 5.83. The first kappa shape index (κ1) is 40.6. The standard InChI is InChI=1S/C41H62N2O2.2HI/c1-5-42(3)23-11-7-9-13-25-44-38-19-15-34(16-20-38)40(41-36-28-32-27-33(30-36)31-37(41)29-32)35-17-21-39(22-18-35)45-26-14-10-8-12-24-43(4)6-2;;/h15-22,32-33,36-37H,5-14,23-31H2,1-4H3;2*1H. The van der Waals surface area contributed by atoms with Gasteiger partial charge in [-0.1, -0.05) is 29.8 Å². The molecule has 2 atom stereocenters. The molecule has 0 amide bonds. The quantitative estimate of drug-likeness (QED) is 0.153. The van der Waals surface area contributed by atoms with Crippen molar-refractivity contribution in [3.05, 3.63) is 65.2 Å². The molecule has 0 aromatic heterocycles. The SMILES string of the molecule is CC[NH+](C)CCCCCCOc1ccc(C(=C2C3CC4CC(C3)CC2C4)c2ccc(OCCCCCC[NH+](C)CC)cc2)cc1.[I-].[I-]. The molecule has 2 N–H and O–H groups in total. The largest absolute Gasteiger partial charge is 1.00 e. The van der Waals surface area contributed by atoms with E-state index in [1.165, 1.54) is 114 Å². The van der Waals surface area contributed by atoms with Gasteiger partial charge in [-0.25, -0.2) is 0 Å². The Morgan fingerprint density at radius 1 is 0.553 bits per heavy atom. The van der Waals surface area contributed by atoms with Crippen molar-refractivity contribution in [2.75, 3.05) is 53.5 Å². The molecule has 264 valence electrons. The van der Waals surface area contributed by atoms with Gasteiger partial charge in [0, 0.05) is 0 Å². The summed E-state index contributed by atoms with van der Waals surface area (Å²) in [5.74, 6) is 5.47. The molecule has 0 heterocycles. The zero-order valence-electron chi connectivity index (χ0n) is 29.9. The Morgan fingerprint density at radius 2 is 0.936 bits per heavy atom. The van der Waals surface area contributed by atoms with E-state index in [2.05, 4.69) is 76.5 Å². The van der Waals surface area contributed by atoms with Gasteiger partial charge in [0.25, 0.3) is 0 Å². The van der Waals surface area contributed by atoms with Crippen molar-refractivity contribution in [3.63, 3.8) is 0 Å². The molecule has 2 unspecified atom stereocenters. The van der Waals surface area contributed by atoms with Crippen LogP contribution >= 0.6 is 0 Å². The van der Waals surface area contributed by atoms with Gasteiger partial charge in [-0.15, -0.1) is 0 Å². The van der Waals surface area contributed by atoms with Crippen molar-refractivity contribution in [2.45, 2.75) is 97.3 Å². The van der Waals surface area contributed by atoms with Crippen LogP contribution in [0.3, 0.4) is 0 Å². The normalized spacial score (nSPS) is 22.3. The van der Waals surface area contributed by atoms with Crippen LogP contribution in [0.1, 0.15) is 108 Å². The van der Waals surface area contributed by atoms with E-state index in [-0.39, 0.29) is 48.0 Å². The van der Waals surface area contributed by atoms with Crippen LogP contribution in [0.2, 0.25) is 0 Å². The van der Waals surface area contributed by atoms with Gasteiger partial charge in [-0.2, -0.15) is 0 Å². The number of hydrogen-bond acceptors (Lipinski definition) is 2. The summed E-state index contributed by atoms with van der Waals surface area (Å²) < 4.78 is 12.4. The molecule has 6 heteroatoms. The summed E-state index contributed by atoms with van der Waals surface area (Å²) in [6.07, 6.45) is 17.1. The molecule has 4 fully saturated rings. The Balaban J connectivity index is 0.00000300. The molecule has 0 radical (unpaired) electrons. The molecule has 0 aliphatic heterocycles. The summed E-state index contributed by atoms with van der Waals surface area (Å²) in [6.45, 7) is 11.2. The molecule has 0 spiro atoms. The lowest BCUT2D eigenvalue weighted by Gasteiger charge is -2.52. The zero-order valence-corrected chi connectivity index (χ0v) is 34.3. The summed E-state index contributed by atoms with van der Waals surface area (Å²) >= 11 is 0. The summed E-state index contributed by atoms with van der Waals surface area (Å²) in [5, 5.41) is 0. The molecule has 4 nitrogen and oxygen atoms in total. The predicted molar refractivity (Wildman–Crippen MR) is 188 cm³/mol. The van der Waals surface area contributed by atoms with Crippen LogP contribution < -0.4 is 67.2 Å². The molecule has 2 aromatic rings. The Morgan fingerprint density at radius 3 is 1.32 bits per heavy atom. The summed E-state index contributed by atoms with van der Waals surface area (Å²) in [4.78, 5) is 3.26. The predicted octanol–water partition coefficient (Wildman–Crippen LogP) is 0.900. The number of quaternary nitrogens is 2. The molecule has 2 aromatic carbocycles. The minimum absolute atomic E-state index is 0. The topological polar surface area (TPSA) is 27.3 Å². The van der Waals surface area contributed by atoms with Gasteiger partial charge < -0.3 is 67.2 Å². The molecular weight excluding hydrogens is 806 g/mol. The molecule has 4 saturated carbocycles. The van der Waals surface area contributed by atoms with Crippen LogP contribution in [0.25, 0.3) is 5.57 Å².